The molecule has 8 nitrogen and oxygen atoms in total. The lowest BCUT2D eigenvalue weighted by molar-refractivity contribution is 0.303. The fourth-order valence-electron chi connectivity index (χ4n) is 2.79. The van der Waals surface area contributed by atoms with Gasteiger partial charge in [-0.2, -0.15) is 9.36 Å². The van der Waals surface area contributed by atoms with E-state index in [1.54, 1.807) is 20.2 Å². The summed E-state index contributed by atoms with van der Waals surface area (Å²) in [4.78, 5) is 16.8. The number of benzene rings is 2. The molecule has 2 aromatic carbocycles. The summed E-state index contributed by atoms with van der Waals surface area (Å²) in [5, 5.41) is 10.1. The van der Waals surface area contributed by atoms with Gasteiger partial charge >= 0.3 is 5.69 Å². The van der Waals surface area contributed by atoms with Gasteiger partial charge in [0, 0.05) is 28.0 Å². The Morgan fingerprint density at radius 1 is 1.14 bits per heavy atom. The zero-order valence-electron chi connectivity index (χ0n) is 15.6. The highest BCUT2D eigenvalue weighted by Gasteiger charge is 2.16. The number of aryl methyl sites for hydroxylation is 1. The average Bonchev–Trinajstić information content (AvgIpc) is 3.34. The number of rotatable bonds is 6. The van der Waals surface area contributed by atoms with Crippen LogP contribution in [-0.4, -0.2) is 31.9 Å². The third-order valence-electron chi connectivity index (χ3n) is 4.25. The fourth-order valence-corrected chi connectivity index (χ4v) is 3.93. The second-order valence-electron chi connectivity index (χ2n) is 6.02. The number of para-hydroxylation sites is 1. The zero-order valence-corrected chi connectivity index (χ0v) is 18.0. The predicted octanol–water partition coefficient (Wildman–Crippen LogP) is 3.44. The van der Waals surface area contributed by atoms with Crippen LogP contribution in [0, 0.1) is 0 Å². The average molecular weight is 474 g/mol. The van der Waals surface area contributed by atoms with Gasteiger partial charge in [-0.1, -0.05) is 45.5 Å². The molecule has 0 bridgehead atoms. The van der Waals surface area contributed by atoms with E-state index in [0.717, 1.165) is 27.0 Å². The molecule has 0 N–H and O–H groups in total. The molecule has 0 aliphatic carbocycles. The highest BCUT2D eigenvalue weighted by Crippen LogP contribution is 2.33. The van der Waals surface area contributed by atoms with Crippen molar-refractivity contribution in [1.29, 1.82) is 0 Å². The van der Waals surface area contributed by atoms with Gasteiger partial charge in [0.25, 0.3) is 5.19 Å². The lowest BCUT2D eigenvalue weighted by atomic mass is 10.1. The van der Waals surface area contributed by atoms with E-state index in [4.69, 9.17) is 9.47 Å². The lowest BCUT2D eigenvalue weighted by Crippen LogP contribution is -2.23. The Morgan fingerprint density at radius 2 is 1.97 bits per heavy atom. The molecule has 0 aliphatic rings. The van der Waals surface area contributed by atoms with E-state index in [0.29, 0.717) is 10.9 Å². The summed E-state index contributed by atoms with van der Waals surface area (Å²) in [6.07, 6.45) is 0. The van der Waals surface area contributed by atoms with Crippen molar-refractivity contribution in [3.63, 3.8) is 0 Å². The van der Waals surface area contributed by atoms with Gasteiger partial charge < -0.3 is 9.47 Å². The number of hydrogen-bond donors (Lipinski definition) is 0. The summed E-state index contributed by atoms with van der Waals surface area (Å²) in [5.74, 6) is 0.750. The smallest absolute Gasteiger partial charge is 0.368 e. The molecule has 0 spiro atoms. The minimum atomic E-state index is -0.336. The van der Waals surface area contributed by atoms with E-state index in [-0.39, 0.29) is 12.3 Å². The largest absolute Gasteiger partial charge is 0.496 e. The Morgan fingerprint density at radius 3 is 2.72 bits per heavy atom. The molecule has 29 heavy (non-hydrogen) atoms. The van der Waals surface area contributed by atoms with Crippen molar-refractivity contribution in [1.82, 2.24) is 24.8 Å². The van der Waals surface area contributed by atoms with Gasteiger partial charge in [-0.05, 0) is 34.7 Å². The van der Waals surface area contributed by atoms with Gasteiger partial charge in [0.05, 0.1) is 18.5 Å². The predicted molar refractivity (Wildman–Crippen MR) is 113 cm³/mol. The van der Waals surface area contributed by atoms with Gasteiger partial charge in [-0.25, -0.2) is 9.78 Å². The summed E-state index contributed by atoms with van der Waals surface area (Å²) in [6, 6.07) is 13.2. The number of nitrogens with zero attached hydrogens (tertiary/aromatic N) is 5. The minimum Gasteiger partial charge on any atom is -0.496 e. The molecule has 0 amide bonds. The molecule has 10 heteroatoms. The number of methoxy groups -OCH3 is 1. The number of ether oxygens (including phenoxy) is 2. The van der Waals surface area contributed by atoms with E-state index in [1.807, 2.05) is 41.8 Å². The first kappa shape index (κ1) is 19.3. The Kier molecular flexibility index (Phi) is 5.45. The van der Waals surface area contributed by atoms with Crippen LogP contribution < -0.4 is 15.2 Å². The van der Waals surface area contributed by atoms with E-state index >= 15 is 0 Å². The van der Waals surface area contributed by atoms with Crippen LogP contribution in [0.15, 0.2) is 57.1 Å². The summed E-state index contributed by atoms with van der Waals surface area (Å²) in [6.45, 7) is 0.207. The first-order valence-corrected chi connectivity index (χ1v) is 10.2. The van der Waals surface area contributed by atoms with Crippen molar-refractivity contribution in [3.05, 3.63) is 68.4 Å². The molecular formula is C19H16BrN5O3S. The molecule has 148 valence electrons. The normalized spacial score (nSPS) is 10.9. The molecule has 0 unspecified atom stereocenters. The number of hydrogen-bond acceptors (Lipinski definition) is 7. The number of halogens is 1. The Hall–Kier alpha value is -2.98. The molecule has 0 saturated carbocycles. The fraction of sp³-hybridized carbons (Fsp3) is 0.158. The second-order valence-corrected chi connectivity index (χ2v) is 7.70. The topological polar surface area (TPSA) is 84.1 Å². The zero-order chi connectivity index (χ0) is 20.4. The summed E-state index contributed by atoms with van der Waals surface area (Å²) in [5.41, 5.74) is 2.70. The van der Waals surface area contributed by atoms with Crippen LogP contribution in [0.25, 0.3) is 16.9 Å². The van der Waals surface area contributed by atoms with Gasteiger partial charge in [0.15, 0.2) is 0 Å². The monoisotopic (exact) mass is 473 g/mol. The van der Waals surface area contributed by atoms with Crippen molar-refractivity contribution in [2.75, 3.05) is 7.11 Å². The van der Waals surface area contributed by atoms with E-state index in [2.05, 4.69) is 31.3 Å². The Balaban J connectivity index is 1.60. The van der Waals surface area contributed by atoms with Crippen molar-refractivity contribution in [3.8, 4) is 27.9 Å². The number of tetrazole rings is 1. The molecule has 0 aliphatic heterocycles. The van der Waals surface area contributed by atoms with Crippen LogP contribution in [0.5, 0.6) is 10.9 Å². The minimum absolute atomic E-state index is 0.207. The maximum absolute atomic E-state index is 12.3. The molecule has 2 aromatic heterocycles. The van der Waals surface area contributed by atoms with E-state index in [1.165, 1.54) is 20.7 Å². The van der Waals surface area contributed by atoms with Crippen LogP contribution in [0.2, 0.25) is 0 Å². The van der Waals surface area contributed by atoms with Crippen molar-refractivity contribution >= 4 is 27.3 Å². The first-order chi connectivity index (χ1) is 14.1. The summed E-state index contributed by atoms with van der Waals surface area (Å²) < 4.78 is 14.5. The van der Waals surface area contributed by atoms with E-state index in [9.17, 15) is 4.79 Å². The molecule has 2 heterocycles. The quantitative estimate of drug-likeness (QED) is 0.426. The SMILES string of the molecule is COc1ccccc1-c1csc(OCc2c(Br)cccc2-n2nnn(C)c2=O)n1. The highest BCUT2D eigenvalue weighted by molar-refractivity contribution is 9.10. The maximum Gasteiger partial charge on any atom is 0.368 e. The molecule has 0 fully saturated rings. The standard InChI is InChI=1S/C19H16BrN5O3S/c1-24-19(26)25(23-22-24)16-8-5-7-14(20)13(16)10-28-18-21-15(11-29-18)12-6-3-4-9-17(12)27-2/h3-9,11H,10H2,1-2H3. The Bertz CT molecular complexity index is 1220. The van der Waals surface area contributed by atoms with Crippen LogP contribution in [-0.2, 0) is 13.7 Å². The molecular weight excluding hydrogens is 458 g/mol. The lowest BCUT2D eigenvalue weighted by Gasteiger charge is -2.10. The van der Waals surface area contributed by atoms with Crippen LogP contribution in [0.1, 0.15) is 5.56 Å². The third-order valence-corrected chi connectivity index (χ3v) is 5.74. The second kappa shape index (κ2) is 8.18. The molecule has 4 aromatic rings. The van der Waals surface area contributed by atoms with Crippen LogP contribution in [0.3, 0.4) is 0 Å². The summed E-state index contributed by atoms with van der Waals surface area (Å²) in [7, 11) is 3.18. The van der Waals surface area contributed by atoms with Gasteiger partial charge in [-0.15, -0.1) is 0 Å². The van der Waals surface area contributed by atoms with E-state index < -0.39 is 0 Å². The van der Waals surface area contributed by atoms with Gasteiger partial charge in [0.1, 0.15) is 12.4 Å². The maximum atomic E-state index is 12.3. The summed E-state index contributed by atoms with van der Waals surface area (Å²) >= 11 is 4.92. The molecule has 0 radical (unpaired) electrons. The van der Waals surface area contributed by atoms with Crippen LogP contribution in [0.4, 0.5) is 0 Å². The molecule has 4 rings (SSSR count). The van der Waals surface area contributed by atoms with Crippen molar-refractivity contribution in [2.45, 2.75) is 6.61 Å². The molecule has 0 saturated heterocycles. The number of aromatic nitrogens is 5. The number of thiazole rings is 1. The first-order valence-electron chi connectivity index (χ1n) is 8.57. The van der Waals surface area contributed by atoms with Crippen molar-refractivity contribution in [2.24, 2.45) is 7.05 Å². The van der Waals surface area contributed by atoms with Crippen molar-refractivity contribution < 1.29 is 9.47 Å². The van der Waals surface area contributed by atoms with Gasteiger partial charge in [0.2, 0.25) is 0 Å². The molecule has 0 atom stereocenters. The highest BCUT2D eigenvalue weighted by atomic mass is 79.9. The Labute approximate surface area is 178 Å². The third kappa shape index (κ3) is 3.81. The van der Waals surface area contributed by atoms with Crippen LogP contribution >= 0.6 is 27.3 Å². The van der Waals surface area contributed by atoms with Gasteiger partial charge in [-0.3, -0.25) is 0 Å².